The Morgan fingerprint density at radius 3 is 2.90 bits per heavy atom. The summed E-state index contributed by atoms with van der Waals surface area (Å²) in [5.74, 6) is -0.683. The Morgan fingerprint density at radius 1 is 1.50 bits per heavy atom. The van der Waals surface area contributed by atoms with E-state index in [1.807, 2.05) is 11.0 Å². The van der Waals surface area contributed by atoms with Crippen molar-refractivity contribution in [2.45, 2.75) is 38.5 Å². The molecule has 1 aromatic rings. The Kier molecular flexibility index (Phi) is 3.22. The predicted molar refractivity (Wildman–Crippen MR) is 70.9 cm³/mol. The van der Waals surface area contributed by atoms with Gasteiger partial charge >= 0.3 is 5.97 Å². The van der Waals surface area contributed by atoms with Crippen molar-refractivity contribution >= 4 is 11.9 Å². The van der Waals surface area contributed by atoms with Gasteiger partial charge in [-0.2, -0.15) is 0 Å². The molecule has 0 spiro atoms. The van der Waals surface area contributed by atoms with Crippen LogP contribution in [0.3, 0.4) is 0 Å². The van der Waals surface area contributed by atoms with Crippen molar-refractivity contribution in [2.75, 3.05) is 6.61 Å². The molecule has 1 atom stereocenters. The van der Waals surface area contributed by atoms with Crippen LogP contribution in [-0.4, -0.2) is 34.5 Å². The number of carbonyl (C=O) groups is 2. The molecule has 1 fully saturated rings. The normalized spacial score (nSPS) is 18.9. The molecular weight excluding hydrogens is 258 g/mol. The molecule has 2 aliphatic rings. The van der Waals surface area contributed by atoms with Gasteiger partial charge in [-0.15, -0.1) is 0 Å². The van der Waals surface area contributed by atoms with Crippen molar-refractivity contribution in [1.82, 2.24) is 4.90 Å². The van der Waals surface area contributed by atoms with Gasteiger partial charge in [0.25, 0.3) is 5.91 Å². The third-order valence-electron chi connectivity index (χ3n) is 3.78. The quantitative estimate of drug-likeness (QED) is 0.843. The highest BCUT2D eigenvalue weighted by Gasteiger charge is 2.38. The summed E-state index contributed by atoms with van der Waals surface area (Å²) in [5.41, 5.74) is 1.97. The van der Waals surface area contributed by atoms with Crippen LogP contribution in [0.5, 0.6) is 0 Å². The zero-order valence-electron chi connectivity index (χ0n) is 11.3. The summed E-state index contributed by atoms with van der Waals surface area (Å²) < 4.78 is 4.79. The lowest BCUT2D eigenvalue weighted by Gasteiger charge is -2.13. The van der Waals surface area contributed by atoms with E-state index in [1.165, 1.54) is 0 Å². The van der Waals surface area contributed by atoms with Gasteiger partial charge in [0.2, 0.25) is 0 Å². The summed E-state index contributed by atoms with van der Waals surface area (Å²) in [6, 6.07) is 5.48. The van der Waals surface area contributed by atoms with Gasteiger partial charge in [0.15, 0.2) is 6.10 Å². The maximum atomic E-state index is 12.3. The van der Waals surface area contributed by atoms with Crippen molar-refractivity contribution in [2.24, 2.45) is 0 Å². The molecule has 5 heteroatoms. The van der Waals surface area contributed by atoms with E-state index in [4.69, 9.17) is 4.74 Å². The molecule has 1 aliphatic heterocycles. The highest BCUT2D eigenvalue weighted by Crippen LogP contribution is 2.35. The molecule has 20 heavy (non-hydrogen) atoms. The first-order valence-corrected chi connectivity index (χ1v) is 6.90. The lowest BCUT2D eigenvalue weighted by Crippen LogP contribution is -2.25. The lowest BCUT2D eigenvalue weighted by molar-refractivity contribution is -0.153. The van der Waals surface area contributed by atoms with E-state index in [2.05, 4.69) is 0 Å². The monoisotopic (exact) mass is 275 g/mol. The van der Waals surface area contributed by atoms with Gasteiger partial charge in [0.05, 0.1) is 6.61 Å². The SMILES string of the molecule is CCOC(=O)C(O)c1ccc2c(c1)C(=O)N(C1CC1)C2. The fraction of sp³-hybridized carbons (Fsp3) is 0.467. The number of carbonyl (C=O) groups excluding carboxylic acids is 2. The highest BCUT2D eigenvalue weighted by molar-refractivity contribution is 5.99. The second kappa shape index (κ2) is 4.90. The van der Waals surface area contributed by atoms with Crippen molar-refractivity contribution in [3.8, 4) is 0 Å². The van der Waals surface area contributed by atoms with Crippen molar-refractivity contribution in [3.63, 3.8) is 0 Å². The summed E-state index contributed by atoms with van der Waals surface area (Å²) in [4.78, 5) is 25.7. The number of nitrogens with zero attached hydrogens (tertiary/aromatic N) is 1. The maximum absolute atomic E-state index is 12.3. The molecule has 1 heterocycles. The fourth-order valence-electron chi connectivity index (χ4n) is 2.55. The number of esters is 1. The third kappa shape index (κ3) is 2.18. The van der Waals surface area contributed by atoms with Crippen LogP contribution in [-0.2, 0) is 16.1 Å². The average Bonchev–Trinajstić information content (AvgIpc) is 3.23. The Morgan fingerprint density at radius 2 is 2.25 bits per heavy atom. The van der Waals surface area contributed by atoms with Crippen LogP contribution >= 0.6 is 0 Å². The first-order valence-electron chi connectivity index (χ1n) is 6.90. The molecule has 3 rings (SSSR count). The number of hydrogen-bond donors (Lipinski definition) is 1. The molecule has 1 saturated carbocycles. The van der Waals surface area contributed by atoms with Gasteiger partial charge in [-0.05, 0) is 37.0 Å². The van der Waals surface area contributed by atoms with Gasteiger partial charge < -0.3 is 14.7 Å². The minimum absolute atomic E-state index is 0.000379. The molecule has 0 radical (unpaired) electrons. The van der Waals surface area contributed by atoms with Crippen LogP contribution < -0.4 is 0 Å². The van der Waals surface area contributed by atoms with Crippen molar-refractivity contribution in [3.05, 3.63) is 34.9 Å². The lowest BCUT2D eigenvalue weighted by atomic mass is 10.0. The highest BCUT2D eigenvalue weighted by atomic mass is 16.5. The number of rotatable bonds is 4. The Bertz CT molecular complexity index is 565. The van der Waals surface area contributed by atoms with Crippen LogP contribution in [0, 0.1) is 0 Å². The molecule has 1 unspecified atom stereocenters. The van der Waals surface area contributed by atoms with Crippen LogP contribution in [0.15, 0.2) is 18.2 Å². The zero-order valence-corrected chi connectivity index (χ0v) is 11.3. The Hall–Kier alpha value is -1.88. The van der Waals surface area contributed by atoms with Gasteiger partial charge in [0, 0.05) is 18.2 Å². The molecule has 1 aliphatic carbocycles. The number of hydrogen-bond acceptors (Lipinski definition) is 4. The molecule has 106 valence electrons. The molecule has 1 N–H and O–H groups in total. The van der Waals surface area contributed by atoms with Crippen molar-refractivity contribution in [1.29, 1.82) is 0 Å². The average molecular weight is 275 g/mol. The van der Waals surface area contributed by atoms with E-state index in [-0.39, 0.29) is 12.5 Å². The molecule has 0 saturated heterocycles. The number of ether oxygens (including phenoxy) is 1. The number of benzene rings is 1. The van der Waals surface area contributed by atoms with E-state index in [0.717, 1.165) is 18.4 Å². The largest absolute Gasteiger partial charge is 0.464 e. The molecular formula is C15H17NO4. The minimum Gasteiger partial charge on any atom is -0.464 e. The number of amides is 1. The summed E-state index contributed by atoms with van der Waals surface area (Å²) in [7, 11) is 0. The second-order valence-electron chi connectivity index (χ2n) is 5.24. The summed E-state index contributed by atoms with van der Waals surface area (Å²) in [5, 5.41) is 9.93. The summed E-state index contributed by atoms with van der Waals surface area (Å²) in [6.45, 7) is 2.54. The molecule has 5 nitrogen and oxygen atoms in total. The van der Waals surface area contributed by atoms with E-state index in [0.29, 0.717) is 23.7 Å². The Balaban J connectivity index is 1.84. The van der Waals surface area contributed by atoms with Gasteiger partial charge in [0.1, 0.15) is 0 Å². The smallest absolute Gasteiger partial charge is 0.339 e. The van der Waals surface area contributed by atoms with E-state index in [1.54, 1.807) is 19.1 Å². The van der Waals surface area contributed by atoms with E-state index < -0.39 is 12.1 Å². The van der Waals surface area contributed by atoms with E-state index >= 15 is 0 Å². The Labute approximate surface area is 117 Å². The number of aliphatic hydroxyl groups is 1. The number of aliphatic hydroxyl groups excluding tert-OH is 1. The first-order chi connectivity index (χ1) is 9.61. The van der Waals surface area contributed by atoms with Crippen LogP contribution in [0.1, 0.15) is 47.4 Å². The minimum atomic E-state index is -1.33. The molecule has 1 aromatic carbocycles. The molecule has 0 aromatic heterocycles. The zero-order chi connectivity index (χ0) is 14.3. The predicted octanol–water partition coefficient (Wildman–Crippen LogP) is 1.40. The fourth-order valence-corrected chi connectivity index (χ4v) is 2.55. The number of fused-ring (bicyclic) bond motifs is 1. The molecule has 1 amide bonds. The van der Waals surface area contributed by atoms with Crippen LogP contribution in [0.2, 0.25) is 0 Å². The molecule has 0 bridgehead atoms. The summed E-state index contributed by atoms with van der Waals surface area (Å²) >= 11 is 0. The standard InChI is InChI=1S/C15H17NO4/c1-2-20-15(19)13(17)9-3-4-10-8-16(11-5-6-11)14(18)12(10)7-9/h3-4,7,11,13,17H,2,5-6,8H2,1H3. The first kappa shape index (κ1) is 13.1. The van der Waals surface area contributed by atoms with Crippen LogP contribution in [0.4, 0.5) is 0 Å². The maximum Gasteiger partial charge on any atom is 0.339 e. The van der Waals surface area contributed by atoms with Crippen molar-refractivity contribution < 1.29 is 19.4 Å². The summed E-state index contributed by atoms with van der Waals surface area (Å²) in [6.07, 6.45) is 0.804. The van der Waals surface area contributed by atoms with Gasteiger partial charge in [-0.1, -0.05) is 12.1 Å². The van der Waals surface area contributed by atoms with Gasteiger partial charge in [-0.3, -0.25) is 4.79 Å². The van der Waals surface area contributed by atoms with Gasteiger partial charge in [-0.25, -0.2) is 4.79 Å². The van der Waals surface area contributed by atoms with Crippen LogP contribution in [0.25, 0.3) is 0 Å². The topological polar surface area (TPSA) is 66.8 Å². The second-order valence-corrected chi connectivity index (χ2v) is 5.24. The third-order valence-corrected chi connectivity index (χ3v) is 3.78. The van der Waals surface area contributed by atoms with E-state index in [9.17, 15) is 14.7 Å².